The molecular formula is CH3NaO3. The Kier molecular flexibility index (Phi) is 16.0. The third kappa shape index (κ3) is 12.8. The first-order valence-electron chi connectivity index (χ1n) is 0.654. The molecule has 3 nitrogen and oxygen atoms in total. The first-order chi connectivity index (χ1) is 1.91. The molecule has 0 heterocycles. The van der Waals surface area contributed by atoms with Crippen molar-refractivity contribution in [3.8, 4) is 0 Å². The molecule has 0 unspecified atom stereocenters. The summed E-state index contributed by atoms with van der Waals surface area (Å²) in [6.07, 6.45) is 0. The molecular weight excluding hydrogens is 83.0 g/mol. The third-order valence-electron chi connectivity index (χ3n) is 0.0430. The van der Waals surface area contributed by atoms with Gasteiger partial charge >= 0.3 is 36.0 Å². The summed E-state index contributed by atoms with van der Waals surface area (Å²) in [6.45, 7) is -0.0694. The summed E-state index contributed by atoms with van der Waals surface area (Å²) >= 11 is 0. The van der Waals surface area contributed by atoms with Crippen LogP contribution in [0.1, 0.15) is 0 Å². The molecule has 0 aromatic rings. The fourth-order valence-electron chi connectivity index (χ4n) is 0. The van der Waals surface area contributed by atoms with Gasteiger partial charge in [-0.1, -0.05) is 0 Å². The van der Waals surface area contributed by atoms with Crippen molar-refractivity contribution in [1.82, 2.24) is 0 Å². The molecule has 0 saturated carbocycles. The Bertz CT molecular complexity index is 20.9. The second kappa shape index (κ2) is 8.83. The van der Waals surface area contributed by atoms with Crippen molar-refractivity contribution in [2.24, 2.45) is 0 Å². The molecule has 0 fully saturated rings. The van der Waals surface area contributed by atoms with Crippen LogP contribution in [0.4, 0.5) is 0 Å². The van der Waals surface area contributed by atoms with Gasteiger partial charge in [-0.05, 0) is 0 Å². The van der Waals surface area contributed by atoms with E-state index in [1.807, 2.05) is 0 Å². The summed E-state index contributed by atoms with van der Waals surface area (Å²) in [7, 11) is 0. The predicted octanol–water partition coefficient (Wildman–Crippen LogP) is -1.02. The third-order valence-corrected chi connectivity index (χ3v) is 0.0430. The van der Waals surface area contributed by atoms with Crippen LogP contribution in [0.2, 0.25) is 0 Å². The van der Waals surface area contributed by atoms with Crippen LogP contribution >= 0.6 is 0 Å². The van der Waals surface area contributed by atoms with E-state index in [4.69, 9.17) is 10.1 Å². The molecule has 0 spiro atoms. The Balaban J connectivity index is 0. The van der Waals surface area contributed by atoms with Crippen LogP contribution in [0, 0.1) is 0 Å². The van der Waals surface area contributed by atoms with Gasteiger partial charge in [-0.25, -0.2) is 5.26 Å². The van der Waals surface area contributed by atoms with E-state index < -0.39 is 0 Å². The Morgan fingerprint density at radius 2 is 2.00 bits per heavy atom. The predicted molar refractivity (Wildman–Crippen MR) is 16.9 cm³/mol. The van der Waals surface area contributed by atoms with E-state index in [9.17, 15) is 0 Å². The van der Waals surface area contributed by atoms with Gasteiger partial charge in [-0.3, -0.25) is 4.79 Å². The maximum atomic E-state index is 8.70. The molecule has 0 radical (unpaired) electrons. The fraction of sp³-hybridized carbons (Fsp3) is 0. The first kappa shape index (κ1) is 9.06. The van der Waals surface area contributed by atoms with Crippen LogP contribution < -0.4 is 0 Å². The van der Waals surface area contributed by atoms with Gasteiger partial charge in [0.1, 0.15) is 0 Å². The Morgan fingerprint density at radius 1 is 1.80 bits per heavy atom. The van der Waals surface area contributed by atoms with Crippen molar-refractivity contribution in [2.45, 2.75) is 0 Å². The van der Waals surface area contributed by atoms with Gasteiger partial charge in [0.2, 0.25) is 0 Å². The number of hydrogen-bond donors (Lipinski definition) is 1. The van der Waals surface area contributed by atoms with Gasteiger partial charge in [0, 0.05) is 0 Å². The first-order valence-corrected chi connectivity index (χ1v) is 0.654. The van der Waals surface area contributed by atoms with E-state index in [1.54, 1.807) is 0 Å². The molecule has 0 saturated heterocycles. The minimum absolute atomic E-state index is 0. The van der Waals surface area contributed by atoms with Gasteiger partial charge in [0.15, 0.2) is 0 Å². The molecule has 0 aliphatic rings. The number of rotatable bonds is 1. The van der Waals surface area contributed by atoms with Crippen LogP contribution in [-0.4, -0.2) is 41.3 Å². The Morgan fingerprint density at radius 3 is 2.00 bits per heavy atom. The zero-order valence-electron chi connectivity index (χ0n) is 1.84. The summed E-state index contributed by atoms with van der Waals surface area (Å²) in [5, 5.41) is 7.01. The number of hydrogen-bond acceptors (Lipinski definition) is 3. The molecule has 0 atom stereocenters. The Labute approximate surface area is 51.2 Å². The average molecular weight is 86.0 g/mol. The van der Waals surface area contributed by atoms with Gasteiger partial charge in [-0.2, -0.15) is 0 Å². The molecule has 26 valence electrons. The molecule has 0 bridgehead atoms. The van der Waals surface area contributed by atoms with Gasteiger partial charge in [-0.15, -0.1) is 0 Å². The van der Waals surface area contributed by atoms with Gasteiger partial charge in [0.25, 0.3) is 0 Å². The van der Waals surface area contributed by atoms with E-state index in [1.165, 1.54) is 0 Å². The summed E-state index contributed by atoms with van der Waals surface area (Å²) in [4.78, 5) is 11.6. The average Bonchev–Trinajstić information content (AvgIpc) is 1.37. The molecule has 0 aromatic heterocycles. The van der Waals surface area contributed by atoms with E-state index in [-0.39, 0.29) is 36.0 Å². The maximum absolute atomic E-state index is 8.70. The van der Waals surface area contributed by atoms with Gasteiger partial charge in [0.05, 0.1) is 0 Å². The fourth-order valence-corrected chi connectivity index (χ4v) is 0. The zero-order valence-corrected chi connectivity index (χ0v) is 1.84. The zero-order chi connectivity index (χ0) is 3.41. The van der Waals surface area contributed by atoms with Crippen LogP contribution in [-0.2, 0) is 9.68 Å². The molecule has 0 rings (SSSR count). The van der Waals surface area contributed by atoms with Crippen molar-refractivity contribution in [1.29, 1.82) is 0 Å². The normalized spacial score (nSPS) is 4.20. The van der Waals surface area contributed by atoms with Crippen LogP contribution in [0.3, 0.4) is 0 Å². The molecule has 0 amide bonds. The van der Waals surface area contributed by atoms with Crippen molar-refractivity contribution in [3.05, 3.63) is 0 Å². The number of carbonyl (C=O) groups is 1. The molecule has 0 aromatic carbocycles. The summed E-state index contributed by atoms with van der Waals surface area (Å²) in [5.41, 5.74) is 0. The molecule has 1 N–H and O–H groups in total. The monoisotopic (exact) mass is 86.0 g/mol. The van der Waals surface area contributed by atoms with Crippen molar-refractivity contribution in [2.75, 3.05) is 0 Å². The summed E-state index contributed by atoms with van der Waals surface area (Å²) < 4.78 is 0. The second-order valence-corrected chi connectivity index (χ2v) is 0.202. The van der Waals surface area contributed by atoms with E-state index in [0.29, 0.717) is 0 Å². The van der Waals surface area contributed by atoms with Crippen molar-refractivity contribution < 1.29 is 14.9 Å². The van der Waals surface area contributed by atoms with E-state index in [2.05, 4.69) is 4.89 Å². The van der Waals surface area contributed by atoms with E-state index in [0.717, 1.165) is 0 Å². The van der Waals surface area contributed by atoms with Gasteiger partial charge < -0.3 is 4.89 Å². The summed E-state index contributed by atoms with van der Waals surface area (Å²) in [6, 6.07) is 0. The molecule has 0 aliphatic heterocycles. The topological polar surface area (TPSA) is 46.5 Å². The molecule has 5 heavy (non-hydrogen) atoms. The van der Waals surface area contributed by atoms with Crippen LogP contribution in [0.15, 0.2) is 0 Å². The van der Waals surface area contributed by atoms with Crippen molar-refractivity contribution >= 4 is 36.0 Å². The van der Waals surface area contributed by atoms with Crippen LogP contribution in [0.5, 0.6) is 0 Å². The number of carbonyl (C=O) groups excluding carboxylic acids is 1. The quantitative estimate of drug-likeness (QED) is 0.192. The summed E-state index contributed by atoms with van der Waals surface area (Å²) in [5.74, 6) is 0. The molecule has 4 heteroatoms. The standard InChI is InChI=1S/CH2O3.Na.H/c2-1-4-3;;/h1,3H;;. The minimum atomic E-state index is -0.0694. The SMILES string of the molecule is O=COO.[NaH]. The Hall–Kier alpha value is 0.430. The van der Waals surface area contributed by atoms with Crippen molar-refractivity contribution in [3.63, 3.8) is 0 Å². The van der Waals surface area contributed by atoms with E-state index >= 15 is 0 Å². The second-order valence-electron chi connectivity index (χ2n) is 0.202. The molecule has 0 aliphatic carbocycles. The van der Waals surface area contributed by atoms with Crippen LogP contribution in [0.25, 0.3) is 0 Å².